The highest BCUT2D eigenvalue weighted by molar-refractivity contribution is 7.86. The van der Waals surface area contributed by atoms with Gasteiger partial charge in [-0.05, 0) is 0 Å². The SMILES string of the molecule is N#[N+]c1ccccc1.O=S(=O)(O)C(F)(F)F. The lowest BCUT2D eigenvalue weighted by Gasteiger charge is -1.97. The largest absolute Gasteiger partial charge is 0.522 e. The Labute approximate surface area is 88.9 Å². The summed E-state index contributed by atoms with van der Waals surface area (Å²) in [6, 6.07) is 8.94. The number of hydrogen-bond donors (Lipinski definition) is 1. The first-order valence-electron chi connectivity index (χ1n) is 3.62. The van der Waals surface area contributed by atoms with Crippen LogP contribution >= 0.6 is 0 Å². The van der Waals surface area contributed by atoms with Crippen molar-refractivity contribution in [3.63, 3.8) is 0 Å². The van der Waals surface area contributed by atoms with Gasteiger partial charge in [0.15, 0.2) is 4.98 Å². The van der Waals surface area contributed by atoms with Gasteiger partial charge in [-0.15, -0.1) is 0 Å². The average molecular weight is 255 g/mol. The van der Waals surface area contributed by atoms with Crippen LogP contribution < -0.4 is 0 Å². The van der Waals surface area contributed by atoms with Gasteiger partial charge in [0.2, 0.25) is 5.39 Å². The third-order valence-corrected chi connectivity index (χ3v) is 1.75. The van der Waals surface area contributed by atoms with Crippen LogP contribution in [0.25, 0.3) is 4.98 Å². The van der Waals surface area contributed by atoms with Crippen molar-refractivity contribution in [2.24, 2.45) is 0 Å². The zero-order valence-electron chi connectivity index (χ0n) is 7.59. The minimum Gasteiger partial charge on any atom is -0.279 e. The lowest BCUT2D eigenvalue weighted by Crippen LogP contribution is -2.21. The van der Waals surface area contributed by atoms with Gasteiger partial charge in [0, 0.05) is 12.1 Å². The summed E-state index contributed by atoms with van der Waals surface area (Å²) < 4.78 is 57.5. The van der Waals surface area contributed by atoms with Gasteiger partial charge in [-0.2, -0.15) is 21.6 Å². The van der Waals surface area contributed by atoms with Gasteiger partial charge >= 0.3 is 21.3 Å². The second-order valence-corrected chi connectivity index (χ2v) is 3.77. The van der Waals surface area contributed by atoms with Crippen LogP contribution in [0, 0.1) is 5.39 Å². The molecule has 0 fully saturated rings. The molecule has 1 aromatic carbocycles. The van der Waals surface area contributed by atoms with Crippen LogP contribution in [-0.4, -0.2) is 18.5 Å². The molecule has 16 heavy (non-hydrogen) atoms. The highest BCUT2D eigenvalue weighted by Gasteiger charge is 2.44. The second kappa shape index (κ2) is 5.43. The van der Waals surface area contributed by atoms with Gasteiger partial charge in [0.1, 0.15) is 0 Å². The molecule has 5 nitrogen and oxygen atoms in total. The van der Waals surface area contributed by atoms with Gasteiger partial charge < -0.3 is 0 Å². The van der Waals surface area contributed by atoms with E-state index >= 15 is 0 Å². The molecule has 0 atom stereocenters. The van der Waals surface area contributed by atoms with E-state index in [0.717, 1.165) is 0 Å². The Bertz CT molecular complexity index is 464. The molecule has 0 radical (unpaired) electrons. The number of diazo groups is 1. The minimum atomic E-state index is -5.84. The summed E-state index contributed by atoms with van der Waals surface area (Å²) in [5.74, 6) is 0. The lowest BCUT2D eigenvalue weighted by molar-refractivity contribution is -0.0510. The standard InChI is InChI=1S/C6H5N2.CHF3O3S/c7-8-6-4-2-1-3-5-6;2-1(3,4)8(5,6)7/h1-5H;(H,5,6,7)/q+1;. The van der Waals surface area contributed by atoms with Crippen LogP contribution in [0.1, 0.15) is 0 Å². The van der Waals surface area contributed by atoms with E-state index in [0.29, 0.717) is 5.69 Å². The molecule has 0 aliphatic rings. The normalized spacial score (nSPS) is 10.9. The van der Waals surface area contributed by atoms with E-state index < -0.39 is 15.6 Å². The molecule has 88 valence electrons. The van der Waals surface area contributed by atoms with Crippen molar-refractivity contribution in [2.75, 3.05) is 0 Å². The van der Waals surface area contributed by atoms with Crippen molar-refractivity contribution < 1.29 is 26.1 Å². The first kappa shape index (κ1) is 14.3. The summed E-state index contributed by atoms with van der Waals surface area (Å²) in [5.41, 5.74) is -4.94. The van der Waals surface area contributed by atoms with Gasteiger partial charge in [0.25, 0.3) is 0 Å². The third-order valence-electron chi connectivity index (χ3n) is 1.16. The molecule has 0 amide bonds. The molecule has 0 saturated carbocycles. The van der Waals surface area contributed by atoms with Gasteiger partial charge in [0.05, 0.1) is 0 Å². The zero-order valence-corrected chi connectivity index (χ0v) is 8.40. The molecule has 0 aromatic heterocycles. The van der Waals surface area contributed by atoms with Crippen molar-refractivity contribution >= 4 is 15.8 Å². The molecular formula is C7H6F3N2O3S+. The van der Waals surface area contributed by atoms with Crippen LogP contribution in [0.5, 0.6) is 0 Å². The van der Waals surface area contributed by atoms with Crippen molar-refractivity contribution in [1.82, 2.24) is 0 Å². The molecule has 0 aliphatic carbocycles. The summed E-state index contributed by atoms with van der Waals surface area (Å²) in [5, 5.41) is 8.16. The average Bonchev–Trinajstić information content (AvgIpc) is 2.17. The van der Waals surface area contributed by atoms with E-state index in [2.05, 4.69) is 4.98 Å². The van der Waals surface area contributed by atoms with Crippen LogP contribution in [-0.2, 0) is 10.1 Å². The second-order valence-electron chi connectivity index (χ2n) is 2.36. The van der Waals surface area contributed by atoms with Crippen LogP contribution in [0.15, 0.2) is 30.3 Å². The Morgan fingerprint density at radius 3 is 1.75 bits per heavy atom. The number of halogens is 3. The molecular weight excluding hydrogens is 249 g/mol. The van der Waals surface area contributed by atoms with Crippen molar-refractivity contribution in [3.05, 3.63) is 35.3 Å². The topological polar surface area (TPSA) is 82.5 Å². The highest BCUT2D eigenvalue weighted by atomic mass is 32.2. The Hall–Kier alpha value is -1.66. The van der Waals surface area contributed by atoms with E-state index in [1.165, 1.54) is 0 Å². The van der Waals surface area contributed by atoms with Gasteiger partial charge in [-0.3, -0.25) is 4.55 Å². The molecule has 0 spiro atoms. The molecule has 0 bridgehead atoms. The quantitative estimate of drug-likeness (QED) is 0.438. The molecule has 1 N–H and O–H groups in total. The highest BCUT2D eigenvalue weighted by Crippen LogP contribution is 2.20. The first-order chi connectivity index (χ1) is 7.18. The number of rotatable bonds is 0. The summed E-state index contributed by atoms with van der Waals surface area (Å²) in [7, 11) is -5.84. The third kappa shape index (κ3) is 5.28. The van der Waals surface area contributed by atoms with E-state index in [9.17, 15) is 13.2 Å². The zero-order chi connectivity index (χ0) is 12.8. The predicted molar refractivity (Wildman–Crippen MR) is 48.8 cm³/mol. The maximum atomic E-state index is 10.7. The van der Waals surface area contributed by atoms with E-state index in [1.807, 2.05) is 18.2 Å². The molecule has 1 aromatic rings. The monoisotopic (exact) mass is 255 g/mol. The molecule has 9 heteroatoms. The van der Waals surface area contributed by atoms with E-state index in [4.69, 9.17) is 18.4 Å². The van der Waals surface area contributed by atoms with Crippen molar-refractivity contribution in [3.8, 4) is 0 Å². The van der Waals surface area contributed by atoms with Crippen LogP contribution in [0.4, 0.5) is 18.9 Å². The lowest BCUT2D eigenvalue weighted by atomic mass is 10.3. The van der Waals surface area contributed by atoms with E-state index in [-0.39, 0.29) is 0 Å². The summed E-state index contributed by atoms with van der Waals surface area (Å²) in [4.78, 5) is 2.97. The van der Waals surface area contributed by atoms with Gasteiger partial charge in [-0.1, -0.05) is 18.2 Å². The number of benzene rings is 1. The summed E-state index contributed by atoms with van der Waals surface area (Å²) in [6.07, 6.45) is 0. The minimum absolute atomic E-state index is 0.590. The predicted octanol–water partition coefficient (Wildman–Crippen LogP) is 2.57. The number of nitrogens with zero attached hydrogens (tertiary/aromatic N) is 2. The summed E-state index contributed by atoms with van der Waals surface area (Å²) >= 11 is 0. The Kier molecular flexibility index (Phi) is 4.87. The van der Waals surface area contributed by atoms with Crippen molar-refractivity contribution in [2.45, 2.75) is 5.51 Å². The fourth-order valence-electron chi connectivity index (χ4n) is 0.495. The molecule has 0 unspecified atom stereocenters. The van der Waals surface area contributed by atoms with Crippen LogP contribution in [0.2, 0.25) is 0 Å². The Balaban J connectivity index is 0.000000281. The van der Waals surface area contributed by atoms with Crippen molar-refractivity contribution in [1.29, 1.82) is 5.39 Å². The van der Waals surface area contributed by atoms with Gasteiger partial charge in [-0.25, -0.2) is 0 Å². The Morgan fingerprint density at radius 2 is 1.56 bits per heavy atom. The smallest absolute Gasteiger partial charge is 0.279 e. The summed E-state index contributed by atoms with van der Waals surface area (Å²) in [6.45, 7) is 0. The van der Waals surface area contributed by atoms with E-state index in [1.54, 1.807) is 12.1 Å². The fourth-order valence-corrected chi connectivity index (χ4v) is 0.495. The maximum Gasteiger partial charge on any atom is 0.522 e. The number of hydrogen-bond acceptors (Lipinski definition) is 3. The molecule has 0 heterocycles. The fraction of sp³-hybridized carbons (Fsp3) is 0.143. The first-order valence-corrected chi connectivity index (χ1v) is 5.06. The molecule has 1 rings (SSSR count). The Morgan fingerprint density at radius 1 is 1.19 bits per heavy atom. The molecule has 0 saturated heterocycles. The number of alkyl halides is 3. The maximum absolute atomic E-state index is 10.7. The molecule has 0 aliphatic heterocycles. The van der Waals surface area contributed by atoms with Crippen LogP contribution in [0.3, 0.4) is 0 Å².